The first-order valence-corrected chi connectivity index (χ1v) is 7.47. The van der Waals surface area contributed by atoms with Crippen LogP contribution < -0.4 is 24.8 Å². The number of carbonyl (C=O) groups is 2. The summed E-state index contributed by atoms with van der Waals surface area (Å²) in [5, 5.41) is 17.8. The Morgan fingerprint density at radius 2 is 1.85 bits per heavy atom. The summed E-state index contributed by atoms with van der Waals surface area (Å²) in [5.41, 5.74) is 0.159. The molecule has 2 aromatic rings. The van der Waals surface area contributed by atoms with Gasteiger partial charge in [-0.2, -0.15) is 0 Å². The molecule has 10 nitrogen and oxygen atoms in total. The molecule has 1 aromatic heterocycles. The summed E-state index contributed by atoms with van der Waals surface area (Å²) in [4.78, 5) is 24.6. The van der Waals surface area contributed by atoms with Crippen molar-refractivity contribution in [1.29, 1.82) is 0 Å². The van der Waals surface area contributed by atoms with Crippen LogP contribution in [-0.4, -0.2) is 56.1 Å². The quantitative estimate of drug-likeness (QED) is 0.613. The summed E-state index contributed by atoms with van der Waals surface area (Å²) in [6.07, 6.45) is 1.28. The zero-order valence-corrected chi connectivity index (χ0v) is 14.4. The Morgan fingerprint density at radius 1 is 1.19 bits per heavy atom. The lowest BCUT2D eigenvalue weighted by Crippen LogP contribution is -2.46. The highest BCUT2D eigenvalue weighted by Gasteiger charge is 2.23. The van der Waals surface area contributed by atoms with E-state index in [1.807, 2.05) is 0 Å². The van der Waals surface area contributed by atoms with E-state index in [4.69, 9.17) is 14.2 Å². The molecule has 3 N–H and O–H groups in total. The van der Waals surface area contributed by atoms with E-state index >= 15 is 0 Å². The zero-order valence-electron chi connectivity index (χ0n) is 14.4. The van der Waals surface area contributed by atoms with Crippen molar-refractivity contribution in [3.05, 3.63) is 30.0 Å². The van der Waals surface area contributed by atoms with Crippen LogP contribution in [0.3, 0.4) is 0 Å². The number of hydrogen-bond acceptors (Lipinski definition) is 8. The molecule has 2 amide bonds. The van der Waals surface area contributed by atoms with Gasteiger partial charge in [0.2, 0.25) is 5.75 Å². The van der Waals surface area contributed by atoms with E-state index in [0.29, 0.717) is 5.75 Å². The number of rotatable bonds is 8. The lowest BCUT2D eigenvalue weighted by atomic mass is 10.1. The molecule has 0 aliphatic carbocycles. The van der Waals surface area contributed by atoms with Gasteiger partial charge in [-0.1, -0.05) is 5.16 Å². The second-order valence-corrected chi connectivity index (χ2v) is 5.00. The molecule has 1 heterocycles. The average Bonchev–Trinajstić information content (AvgIpc) is 3.17. The third kappa shape index (κ3) is 4.22. The van der Waals surface area contributed by atoms with Gasteiger partial charge in [0.25, 0.3) is 11.8 Å². The number of hydrogen-bond donors (Lipinski definition) is 3. The van der Waals surface area contributed by atoms with Crippen molar-refractivity contribution in [3.63, 3.8) is 0 Å². The van der Waals surface area contributed by atoms with Crippen LogP contribution in [0.2, 0.25) is 0 Å². The Morgan fingerprint density at radius 3 is 2.31 bits per heavy atom. The second kappa shape index (κ2) is 8.72. The molecule has 0 saturated carbocycles. The minimum Gasteiger partial charge on any atom is -0.493 e. The van der Waals surface area contributed by atoms with E-state index in [1.54, 1.807) is 0 Å². The van der Waals surface area contributed by atoms with Gasteiger partial charge in [-0.05, 0) is 12.1 Å². The first-order valence-electron chi connectivity index (χ1n) is 7.47. The maximum Gasteiger partial charge on any atom is 0.252 e. The first kappa shape index (κ1) is 19.1. The normalized spacial score (nSPS) is 11.4. The predicted octanol–water partition coefficient (Wildman–Crippen LogP) is 0.430. The maximum absolute atomic E-state index is 12.5. The predicted molar refractivity (Wildman–Crippen MR) is 89.6 cm³/mol. The fourth-order valence-corrected chi connectivity index (χ4v) is 2.14. The number of benzene rings is 1. The van der Waals surface area contributed by atoms with Crippen molar-refractivity contribution in [1.82, 2.24) is 10.5 Å². The van der Waals surface area contributed by atoms with Crippen LogP contribution in [0.1, 0.15) is 10.4 Å². The summed E-state index contributed by atoms with van der Waals surface area (Å²) in [6.45, 7) is -0.611. The summed E-state index contributed by atoms with van der Waals surface area (Å²) in [7, 11) is 4.28. The van der Waals surface area contributed by atoms with Crippen molar-refractivity contribution in [3.8, 4) is 17.2 Å². The summed E-state index contributed by atoms with van der Waals surface area (Å²) in [5.74, 6) is -0.209. The van der Waals surface area contributed by atoms with Crippen molar-refractivity contribution < 1.29 is 33.4 Å². The third-order valence-corrected chi connectivity index (χ3v) is 3.42. The van der Waals surface area contributed by atoms with Crippen LogP contribution in [0.15, 0.2) is 29.0 Å². The molecule has 2 rings (SSSR count). The Balaban J connectivity index is 2.18. The highest BCUT2D eigenvalue weighted by atomic mass is 16.5. The molecule has 140 valence electrons. The summed E-state index contributed by atoms with van der Waals surface area (Å²) in [6, 6.07) is 3.09. The van der Waals surface area contributed by atoms with E-state index in [9.17, 15) is 14.7 Å². The fraction of sp³-hybridized carbons (Fsp3) is 0.312. The largest absolute Gasteiger partial charge is 0.493 e. The van der Waals surface area contributed by atoms with E-state index < -0.39 is 24.5 Å². The number of methoxy groups -OCH3 is 3. The molecule has 0 saturated heterocycles. The molecule has 26 heavy (non-hydrogen) atoms. The molecule has 0 bridgehead atoms. The summed E-state index contributed by atoms with van der Waals surface area (Å²) < 4.78 is 20.2. The average molecular weight is 365 g/mol. The molecule has 1 unspecified atom stereocenters. The molecule has 10 heteroatoms. The van der Waals surface area contributed by atoms with E-state index in [-0.39, 0.29) is 22.9 Å². The van der Waals surface area contributed by atoms with Gasteiger partial charge >= 0.3 is 0 Å². The van der Waals surface area contributed by atoms with Crippen molar-refractivity contribution in [2.24, 2.45) is 0 Å². The van der Waals surface area contributed by atoms with Gasteiger partial charge < -0.3 is 34.5 Å². The Labute approximate surface area is 149 Å². The monoisotopic (exact) mass is 365 g/mol. The molecular weight excluding hydrogens is 346 g/mol. The van der Waals surface area contributed by atoms with Crippen LogP contribution >= 0.6 is 0 Å². The standard InChI is InChI=1S/C16H19N3O7/c1-23-11-6-9(7-12(24-2)14(11)25-3)15(21)17-10(8-20)16(22)18-13-4-5-26-19-13/h4-7,10,20H,8H2,1-3H3,(H,17,21)(H,18,19,22). The zero-order chi connectivity index (χ0) is 19.1. The van der Waals surface area contributed by atoms with Crippen molar-refractivity contribution in [2.75, 3.05) is 33.3 Å². The molecule has 0 fully saturated rings. The number of aliphatic hydroxyl groups excluding tert-OH is 1. The van der Waals surface area contributed by atoms with Gasteiger partial charge in [0.1, 0.15) is 12.3 Å². The van der Waals surface area contributed by atoms with Gasteiger partial charge in [0, 0.05) is 11.6 Å². The van der Waals surface area contributed by atoms with Crippen molar-refractivity contribution >= 4 is 17.6 Å². The third-order valence-electron chi connectivity index (χ3n) is 3.42. The summed E-state index contributed by atoms with van der Waals surface area (Å²) >= 11 is 0. The van der Waals surface area contributed by atoms with Crippen LogP contribution in [0.25, 0.3) is 0 Å². The van der Waals surface area contributed by atoms with Gasteiger partial charge in [0.05, 0.1) is 27.9 Å². The Kier molecular flexibility index (Phi) is 6.39. The lowest BCUT2D eigenvalue weighted by molar-refractivity contribution is -0.118. The van der Waals surface area contributed by atoms with E-state index in [2.05, 4.69) is 20.3 Å². The van der Waals surface area contributed by atoms with Gasteiger partial charge in [-0.25, -0.2) is 0 Å². The topological polar surface area (TPSA) is 132 Å². The number of aromatic nitrogens is 1. The highest BCUT2D eigenvalue weighted by Crippen LogP contribution is 2.38. The molecule has 0 aliphatic heterocycles. The van der Waals surface area contributed by atoms with Gasteiger partial charge in [-0.15, -0.1) is 0 Å². The maximum atomic E-state index is 12.5. The van der Waals surface area contributed by atoms with Crippen LogP contribution in [0, 0.1) is 0 Å². The molecule has 0 spiro atoms. The van der Waals surface area contributed by atoms with E-state index in [0.717, 1.165) is 0 Å². The fourth-order valence-electron chi connectivity index (χ4n) is 2.14. The number of aliphatic hydroxyl groups is 1. The number of carbonyl (C=O) groups excluding carboxylic acids is 2. The Bertz CT molecular complexity index is 736. The minimum atomic E-state index is -1.20. The first-order chi connectivity index (χ1) is 12.5. The highest BCUT2D eigenvalue weighted by molar-refractivity contribution is 6.01. The number of nitrogens with one attached hydrogen (secondary N) is 2. The molecular formula is C16H19N3O7. The molecule has 0 radical (unpaired) electrons. The van der Waals surface area contributed by atoms with Gasteiger partial charge in [-0.3, -0.25) is 9.59 Å². The SMILES string of the molecule is COc1cc(C(=O)NC(CO)C(=O)Nc2ccon2)cc(OC)c1OC. The second-order valence-electron chi connectivity index (χ2n) is 5.00. The van der Waals surface area contributed by atoms with Crippen LogP contribution in [0.4, 0.5) is 5.82 Å². The molecule has 1 atom stereocenters. The number of nitrogens with zero attached hydrogens (tertiary/aromatic N) is 1. The van der Waals surface area contributed by atoms with Gasteiger partial charge in [0.15, 0.2) is 17.3 Å². The number of ether oxygens (including phenoxy) is 3. The Hall–Kier alpha value is -3.27. The van der Waals surface area contributed by atoms with Crippen molar-refractivity contribution in [2.45, 2.75) is 6.04 Å². The minimum absolute atomic E-state index is 0.159. The lowest BCUT2D eigenvalue weighted by Gasteiger charge is -2.17. The number of anilines is 1. The van der Waals surface area contributed by atoms with Crippen LogP contribution in [-0.2, 0) is 4.79 Å². The smallest absolute Gasteiger partial charge is 0.252 e. The molecule has 0 aliphatic rings. The number of amides is 2. The van der Waals surface area contributed by atoms with Crippen LogP contribution in [0.5, 0.6) is 17.2 Å². The molecule has 1 aromatic carbocycles. The van der Waals surface area contributed by atoms with E-state index in [1.165, 1.54) is 45.8 Å².